The van der Waals surface area contributed by atoms with Crippen LogP contribution >= 0.6 is 12.2 Å². The highest BCUT2D eigenvalue weighted by Crippen LogP contribution is 2.27. The van der Waals surface area contributed by atoms with Crippen molar-refractivity contribution in [1.29, 1.82) is 0 Å². The summed E-state index contributed by atoms with van der Waals surface area (Å²) in [5, 5.41) is 6.57. The minimum Gasteiger partial charge on any atom is -0.466 e. The van der Waals surface area contributed by atoms with Crippen molar-refractivity contribution in [2.45, 2.75) is 19.9 Å². The topological polar surface area (TPSA) is 50.4 Å². The summed E-state index contributed by atoms with van der Waals surface area (Å²) in [5.74, 6) is -0.356. The molecule has 1 aliphatic rings. The molecule has 1 unspecified atom stereocenters. The molecule has 19 heavy (non-hydrogen) atoms. The van der Waals surface area contributed by atoms with Crippen LogP contribution in [-0.4, -0.2) is 18.2 Å². The van der Waals surface area contributed by atoms with E-state index in [4.69, 9.17) is 17.0 Å². The van der Waals surface area contributed by atoms with Gasteiger partial charge in [0.05, 0.1) is 18.7 Å². The summed E-state index contributed by atoms with van der Waals surface area (Å²) < 4.78 is 4.85. The molecule has 2 N–H and O–H groups in total. The van der Waals surface area contributed by atoms with Crippen LogP contribution in [0.1, 0.15) is 24.1 Å². The van der Waals surface area contributed by atoms with Crippen molar-refractivity contribution in [3.63, 3.8) is 0 Å². The quantitative estimate of drug-likeness (QED) is 0.639. The second-order valence-corrected chi connectivity index (χ2v) is 4.88. The number of carbonyl (C=O) groups excluding carboxylic acids is 1. The summed E-state index contributed by atoms with van der Waals surface area (Å²) in [7, 11) is 1.38. The first kappa shape index (κ1) is 13.5. The van der Waals surface area contributed by atoms with Gasteiger partial charge in [0, 0.05) is 5.70 Å². The monoisotopic (exact) mass is 276 g/mol. The highest BCUT2D eigenvalue weighted by molar-refractivity contribution is 7.80. The van der Waals surface area contributed by atoms with Crippen LogP contribution in [0.25, 0.3) is 0 Å². The van der Waals surface area contributed by atoms with E-state index in [0.29, 0.717) is 10.7 Å². The number of allylic oxidation sites excluding steroid dienone is 1. The van der Waals surface area contributed by atoms with Gasteiger partial charge in [0.25, 0.3) is 0 Å². The van der Waals surface area contributed by atoms with Crippen molar-refractivity contribution in [1.82, 2.24) is 10.6 Å². The van der Waals surface area contributed by atoms with Crippen LogP contribution < -0.4 is 10.6 Å². The van der Waals surface area contributed by atoms with Gasteiger partial charge in [-0.25, -0.2) is 4.79 Å². The van der Waals surface area contributed by atoms with Crippen LogP contribution in [0, 0.1) is 6.92 Å². The molecule has 0 spiro atoms. The van der Waals surface area contributed by atoms with E-state index < -0.39 is 0 Å². The standard InChI is InChI=1S/C14H16N2O2S/c1-8-4-6-10(7-5-8)12-11(13(17)18-3)9(2)15-14(19)16-12/h4-7,12H,1-3H3,(H2,15,16,19). The van der Waals surface area contributed by atoms with E-state index in [1.54, 1.807) is 0 Å². The molecule has 0 bridgehead atoms. The van der Waals surface area contributed by atoms with E-state index in [1.807, 2.05) is 38.1 Å². The van der Waals surface area contributed by atoms with Crippen LogP contribution in [0.5, 0.6) is 0 Å². The predicted octanol–water partition coefficient (Wildman–Crippen LogP) is 1.96. The molecule has 0 fully saturated rings. The Labute approximate surface area is 117 Å². The van der Waals surface area contributed by atoms with Gasteiger partial charge in [-0.3, -0.25) is 0 Å². The van der Waals surface area contributed by atoms with Gasteiger partial charge in [0.15, 0.2) is 5.11 Å². The fraction of sp³-hybridized carbons (Fsp3) is 0.286. The molecule has 1 atom stereocenters. The van der Waals surface area contributed by atoms with E-state index in [0.717, 1.165) is 11.3 Å². The van der Waals surface area contributed by atoms with E-state index in [9.17, 15) is 4.79 Å². The SMILES string of the molecule is COC(=O)C1=C(C)NC(=S)NC1c1ccc(C)cc1. The number of thiocarbonyl (C=S) groups is 1. The lowest BCUT2D eigenvalue weighted by Crippen LogP contribution is -2.45. The average Bonchev–Trinajstić information content (AvgIpc) is 2.38. The molecule has 0 amide bonds. The maximum atomic E-state index is 11.9. The summed E-state index contributed by atoms with van der Waals surface area (Å²) in [6.07, 6.45) is 0. The zero-order valence-electron chi connectivity index (χ0n) is 11.1. The summed E-state index contributed by atoms with van der Waals surface area (Å²) in [6.45, 7) is 3.84. The van der Waals surface area contributed by atoms with Crippen molar-refractivity contribution in [2.24, 2.45) is 0 Å². The molecule has 5 heteroatoms. The Hall–Kier alpha value is -1.88. The number of ether oxygens (including phenoxy) is 1. The Bertz CT molecular complexity index is 549. The number of methoxy groups -OCH3 is 1. The lowest BCUT2D eigenvalue weighted by Gasteiger charge is -2.29. The minimum absolute atomic E-state index is 0.276. The third-order valence-electron chi connectivity index (χ3n) is 3.09. The first-order valence-electron chi connectivity index (χ1n) is 5.96. The number of esters is 1. The fourth-order valence-electron chi connectivity index (χ4n) is 2.08. The summed E-state index contributed by atoms with van der Waals surface area (Å²) >= 11 is 5.15. The second kappa shape index (κ2) is 5.40. The highest BCUT2D eigenvalue weighted by Gasteiger charge is 2.30. The van der Waals surface area contributed by atoms with Crippen molar-refractivity contribution in [2.75, 3.05) is 7.11 Å². The molecule has 1 aromatic carbocycles. The number of carbonyl (C=O) groups is 1. The van der Waals surface area contributed by atoms with Crippen molar-refractivity contribution in [3.8, 4) is 0 Å². The summed E-state index contributed by atoms with van der Waals surface area (Å²) in [5.41, 5.74) is 3.43. The number of rotatable bonds is 2. The number of benzene rings is 1. The molecule has 2 rings (SSSR count). The molecule has 1 heterocycles. The van der Waals surface area contributed by atoms with E-state index in [1.165, 1.54) is 12.7 Å². The molecule has 4 nitrogen and oxygen atoms in total. The van der Waals surface area contributed by atoms with Gasteiger partial charge in [-0.15, -0.1) is 0 Å². The fourth-order valence-corrected chi connectivity index (χ4v) is 2.35. The third kappa shape index (κ3) is 2.76. The lowest BCUT2D eigenvalue weighted by molar-refractivity contribution is -0.136. The van der Waals surface area contributed by atoms with Crippen molar-refractivity contribution >= 4 is 23.3 Å². The first-order chi connectivity index (χ1) is 9.02. The van der Waals surface area contributed by atoms with Gasteiger partial charge in [0.2, 0.25) is 0 Å². The van der Waals surface area contributed by atoms with Crippen molar-refractivity contribution < 1.29 is 9.53 Å². The maximum absolute atomic E-state index is 11.9. The van der Waals surface area contributed by atoms with Gasteiger partial charge in [-0.1, -0.05) is 29.8 Å². The second-order valence-electron chi connectivity index (χ2n) is 4.47. The molecule has 100 valence electrons. The Morgan fingerprint density at radius 3 is 2.47 bits per heavy atom. The number of nitrogens with one attached hydrogen (secondary N) is 2. The Kier molecular flexibility index (Phi) is 3.85. The molecule has 0 saturated carbocycles. The molecule has 0 saturated heterocycles. The molecule has 1 aromatic rings. The number of hydrogen-bond acceptors (Lipinski definition) is 3. The van der Waals surface area contributed by atoms with Crippen LogP contribution in [0.3, 0.4) is 0 Å². The van der Waals surface area contributed by atoms with Gasteiger partial charge in [0.1, 0.15) is 0 Å². The van der Waals surface area contributed by atoms with Crippen LogP contribution in [0.4, 0.5) is 0 Å². The van der Waals surface area contributed by atoms with Gasteiger partial charge in [-0.05, 0) is 31.6 Å². The summed E-state index contributed by atoms with van der Waals surface area (Å²) in [4.78, 5) is 11.9. The Morgan fingerprint density at radius 1 is 1.26 bits per heavy atom. The predicted molar refractivity (Wildman–Crippen MR) is 77.5 cm³/mol. The molecular weight excluding hydrogens is 260 g/mol. The first-order valence-corrected chi connectivity index (χ1v) is 6.37. The summed E-state index contributed by atoms with van der Waals surface area (Å²) in [6, 6.07) is 7.70. The molecular formula is C14H16N2O2S. The number of aryl methyl sites for hydroxylation is 1. The third-order valence-corrected chi connectivity index (χ3v) is 3.31. The minimum atomic E-state index is -0.356. The molecule has 0 radical (unpaired) electrons. The maximum Gasteiger partial charge on any atom is 0.337 e. The van der Waals surface area contributed by atoms with E-state index in [-0.39, 0.29) is 12.0 Å². The lowest BCUT2D eigenvalue weighted by atomic mass is 9.95. The van der Waals surface area contributed by atoms with E-state index >= 15 is 0 Å². The van der Waals surface area contributed by atoms with E-state index in [2.05, 4.69) is 10.6 Å². The Morgan fingerprint density at radius 2 is 1.89 bits per heavy atom. The van der Waals surface area contributed by atoms with Crippen LogP contribution in [0.15, 0.2) is 35.5 Å². The molecule has 1 aliphatic heterocycles. The van der Waals surface area contributed by atoms with Crippen LogP contribution in [-0.2, 0) is 9.53 Å². The highest BCUT2D eigenvalue weighted by atomic mass is 32.1. The van der Waals surface area contributed by atoms with Gasteiger partial charge in [-0.2, -0.15) is 0 Å². The zero-order valence-corrected chi connectivity index (χ0v) is 11.9. The smallest absolute Gasteiger partial charge is 0.337 e. The van der Waals surface area contributed by atoms with Crippen LogP contribution in [0.2, 0.25) is 0 Å². The number of hydrogen-bond donors (Lipinski definition) is 2. The Balaban J connectivity index is 2.46. The van der Waals surface area contributed by atoms with Crippen molar-refractivity contribution in [3.05, 3.63) is 46.7 Å². The largest absolute Gasteiger partial charge is 0.466 e. The molecule has 0 aromatic heterocycles. The zero-order chi connectivity index (χ0) is 14.0. The van der Waals surface area contributed by atoms with Gasteiger partial charge < -0.3 is 15.4 Å². The van der Waals surface area contributed by atoms with Gasteiger partial charge >= 0.3 is 5.97 Å². The molecule has 0 aliphatic carbocycles. The normalized spacial score (nSPS) is 18.7. The average molecular weight is 276 g/mol.